The minimum atomic E-state index is -3.61. The minimum absolute atomic E-state index is 0.335. The summed E-state index contributed by atoms with van der Waals surface area (Å²) < 4.78 is 31.5. The van der Waals surface area contributed by atoms with Crippen LogP contribution in [-0.2, 0) is 16.6 Å². The molecule has 1 saturated carbocycles. The van der Waals surface area contributed by atoms with Crippen LogP contribution in [0.25, 0.3) is 22.2 Å². The number of hydrogen-bond donors (Lipinski definition) is 2. The molecule has 2 heterocycles. The lowest BCUT2D eigenvalue weighted by Gasteiger charge is -2.24. The molecule has 0 saturated heterocycles. The van der Waals surface area contributed by atoms with E-state index in [-0.39, 0.29) is 0 Å². The molecular weight excluding hydrogens is 430 g/mol. The third-order valence-electron chi connectivity index (χ3n) is 6.92. The lowest BCUT2D eigenvalue weighted by atomic mass is 9.81. The summed E-state index contributed by atoms with van der Waals surface area (Å²) in [6.07, 6.45) is 6.23. The van der Waals surface area contributed by atoms with Crippen LogP contribution in [0.15, 0.2) is 41.3 Å². The molecular formula is C27H35N3O2S. The fourth-order valence-corrected chi connectivity index (χ4v) is 7.06. The number of aryl methyl sites for hydroxylation is 1. The number of aromatic nitrogens is 1. The first-order chi connectivity index (χ1) is 15.6. The van der Waals surface area contributed by atoms with Crippen LogP contribution >= 0.6 is 0 Å². The van der Waals surface area contributed by atoms with Gasteiger partial charge < -0.3 is 9.88 Å². The van der Waals surface area contributed by atoms with Gasteiger partial charge in [-0.15, -0.1) is 0 Å². The van der Waals surface area contributed by atoms with Gasteiger partial charge in [0.2, 0.25) is 10.0 Å². The third kappa shape index (κ3) is 4.19. The molecule has 5 nitrogen and oxygen atoms in total. The van der Waals surface area contributed by atoms with E-state index in [2.05, 4.69) is 45.8 Å². The van der Waals surface area contributed by atoms with E-state index in [9.17, 15) is 8.42 Å². The SMILES string of the molecule is Cc1ccc2c(c1)NCCn1c-2c(C2CCCCC2)c2ccc(S(=O)(=O)NC(C)(C)C)cc21. The molecule has 0 unspecified atom stereocenters. The second-order valence-electron chi connectivity index (χ2n) is 10.8. The molecule has 0 radical (unpaired) electrons. The lowest BCUT2D eigenvalue weighted by Crippen LogP contribution is -2.40. The predicted octanol–water partition coefficient (Wildman–Crippen LogP) is 6.17. The number of fused-ring (bicyclic) bond motifs is 5. The fraction of sp³-hybridized carbons (Fsp3) is 0.481. The van der Waals surface area contributed by atoms with Crippen molar-refractivity contribution < 1.29 is 8.42 Å². The van der Waals surface area contributed by atoms with Crippen molar-refractivity contribution in [3.05, 3.63) is 47.5 Å². The fourth-order valence-electron chi connectivity index (χ4n) is 5.63. The second kappa shape index (κ2) is 8.17. The maximum Gasteiger partial charge on any atom is 0.241 e. The first-order valence-corrected chi connectivity index (χ1v) is 13.7. The Kier molecular flexibility index (Phi) is 5.57. The first-order valence-electron chi connectivity index (χ1n) is 12.2. The van der Waals surface area contributed by atoms with E-state index in [1.54, 1.807) is 6.07 Å². The summed E-state index contributed by atoms with van der Waals surface area (Å²) in [7, 11) is -3.61. The Balaban J connectivity index is 1.77. The Morgan fingerprint density at radius 2 is 1.79 bits per heavy atom. The standard InChI is InChI=1S/C27H35N3O2S/c1-18-10-12-21-23(16-18)28-14-15-30-24-17-20(33(31,32)29-27(2,3)4)11-13-22(24)25(26(21)30)19-8-6-5-7-9-19/h10-13,16-17,19,28-29H,5-9,14-15H2,1-4H3. The van der Waals surface area contributed by atoms with Gasteiger partial charge in [0.1, 0.15) is 0 Å². The van der Waals surface area contributed by atoms with E-state index < -0.39 is 15.6 Å². The lowest BCUT2D eigenvalue weighted by molar-refractivity contribution is 0.445. The van der Waals surface area contributed by atoms with E-state index >= 15 is 0 Å². The molecule has 2 aliphatic rings. The average molecular weight is 466 g/mol. The van der Waals surface area contributed by atoms with Crippen LogP contribution in [0.5, 0.6) is 0 Å². The number of anilines is 1. The molecule has 1 aliphatic carbocycles. The summed E-state index contributed by atoms with van der Waals surface area (Å²) in [6.45, 7) is 9.37. The summed E-state index contributed by atoms with van der Waals surface area (Å²) in [5, 5.41) is 4.83. The maximum absolute atomic E-state index is 13.1. The number of hydrogen-bond acceptors (Lipinski definition) is 3. The number of nitrogens with zero attached hydrogens (tertiary/aromatic N) is 1. The van der Waals surface area contributed by atoms with Gasteiger partial charge in [0.15, 0.2) is 0 Å². The first kappa shape index (κ1) is 22.5. The Hall–Kier alpha value is -2.31. The van der Waals surface area contributed by atoms with Crippen LogP contribution in [-0.4, -0.2) is 25.1 Å². The largest absolute Gasteiger partial charge is 0.383 e. The van der Waals surface area contributed by atoms with Gasteiger partial charge in [-0.25, -0.2) is 13.1 Å². The van der Waals surface area contributed by atoms with E-state index in [4.69, 9.17) is 0 Å². The predicted molar refractivity (Wildman–Crippen MR) is 137 cm³/mol. The smallest absolute Gasteiger partial charge is 0.241 e. The molecule has 5 rings (SSSR count). The van der Waals surface area contributed by atoms with Crippen molar-refractivity contribution in [3.8, 4) is 11.3 Å². The molecule has 2 aromatic carbocycles. The maximum atomic E-state index is 13.1. The van der Waals surface area contributed by atoms with Crippen molar-refractivity contribution >= 4 is 26.6 Å². The molecule has 0 amide bonds. The van der Waals surface area contributed by atoms with Crippen molar-refractivity contribution in [1.29, 1.82) is 0 Å². The van der Waals surface area contributed by atoms with Crippen molar-refractivity contribution in [2.24, 2.45) is 0 Å². The van der Waals surface area contributed by atoms with Crippen LogP contribution in [0.2, 0.25) is 0 Å². The normalized spacial score (nSPS) is 17.3. The van der Waals surface area contributed by atoms with Gasteiger partial charge in [-0.3, -0.25) is 0 Å². The number of nitrogens with one attached hydrogen (secondary N) is 2. The van der Waals surface area contributed by atoms with E-state index in [0.717, 1.165) is 18.6 Å². The average Bonchev–Trinajstić information content (AvgIpc) is 2.94. The minimum Gasteiger partial charge on any atom is -0.383 e. The Morgan fingerprint density at radius 1 is 1.03 bits per heavy atom. The van der Waals surface area contributed by atoms with Crippen LogP contribution < -0.4 is 10.0 Å². The van der Waals surface area contributed by atoms with Crippen LogP contribution in [0, 0.1) is 6.92 Å². The highest BCUT2D eigenvalue weighted by Gasteiger charge is 2.30. The summed E-state index contributed by atoms with van der Waals surface area (Å²) in [5.41, 5.74) is 6.83. The summed E-state index contributed by atoms with van der Waals surface area (Å²) in [6, 6.07) is 12.4. The quantitative estimate of drug-likeness (QED) is 0.486. The highest BCUT2D eigenvalue weighted by molar-refractivity contribution is 7.89. The summed E-state index contributed by atoms with van der Waals surface area (Å²) >= 11 is 0. The van der Waals surface area contributed by atoms with Crippen molar-refractivity contribution in [2.75, 3.05) is 11.9 Å². The van der Waals surface area contributed by atoms with Crippen molar-refractivity contribution in [2.45, 2.75) is 82.7 Å². The monoisotopic (exact) mass is 465 g/mol. The van der Waals surface area contributed by atoms with E-state index in [1.165, 1.54) is 65.6 Å². The van der Waals surface area contributed by atoms with Gasteiger partial charge in [-0.2, -0.15) is 0 Å². The van der Waals surface area contributed by atoms with Gasteiger partial charge in [-0.1, -0.05) is 37.5 Å². The molecule has 0 spiro atoms. The molecule has 176 valence electrons. The topological polar surface area (TPSA) is 63.1 Å². The highest BCUT2D eigenvalue weighted by atomic mass is 32.2. The molecule has 33 heavy (non-hydrogen) atoms. The van der Waals surface area contributed by atoms with Gasteiger partial charge in [0, 0.05) is 35.3 Å². The molecule has 6 heteroatoms. The molecule has 1 fully saturated rings. The highest BCUT2D eigenvalue weighted by Crippen LogP contribution is 2.46. The Bertz CT molecular complexity index is 1310. The summed E-state index contributed by atoms with van der Waals surface area (Å²) in [4.78, 5) is 0.335. The number of benzene rings is 2. The summed E-state index contributed by atoms with van der Waals surface area (Å²) in [5.74, 6) is 0.514. The van der Waals surface area contributed by atoms with Crippen molar-refractivity contribution in [1.82, 2.24) is 9.29 Å². The van der Waals surface area contributed by atoms with Crippen LogP contribution in [0.3, 0.4) is 0 Å². The van der Waals surface area contributed by atoms with Gasteiger partial charge in [0.25, 0.3) is 0 Å². The number of sulfonamides is 1. The van der Waals surface area contributed by atoms with E-state index in [1.807, 2.05) is 26.8 Å². The van der Waals surface area contributed by atoms with Crippen molar-refractivity contribution in [3.63, 3.8) is 0 Å². The Labute approximate surface area is 197 Å². The molecule has 3 aromatic rings. The second-order valence-corrected chi connectivity index (χ2v) is 12.4. The zero-order valence-corrected chi connectivity index (χ0v) is 21.0. The van der Waals surface area contributed by atoms with Crippen LogP contribution in [0.4, 0.5) is 5.69 Å². The van der Waals surface area contributed by atoms with Gasteiger partial charge in [-0.05, 0) is 75.8 Å². The van der Waals surface area contributed by atoms with Crippen LogP contribution in [0.1, 0.15) is 69.9 Å². The number of rotatable bonds is 3. The Morgan fingerprint density at radius 3 is 2.52 bits per heavy atom. The van der Waals surface area contributed by atoms with E-state index in [0.29, 0.717) is 10.8 Å². The van der Waals surface area contributed by atoms with Gasteiger partial charge >= 0.3 is 0 Å². The molecule has 0 atom stereocenters. The zero-order chi connectivity index (χ0) is 23.4. The molecule has 0 bridgehead atoms. The molecule has 1 aromatic heterocycles. The zero-order valence-electron chi connectivity index (χ0n) is 20.2. The van der Waals surface area contributed by atoms with Gasteiger partial charge in [0.05, 0.1) is 16.1 Å². The third-order valence-corrected chi connectivity index (χ3v) is 8.68. The molecule has 1 aliphatic heterocycles. The molecule has 2 N–H and O–H groups in total.